The number of ether oxygens (including phenoxy) is 1. The van der Waals surface area contributed by atoms with Crippen molar-refractivity contribution in [3.05, 3.63) is 0 Å². The van der Waals surface area contributed by atoms with Crippen molar-refractivity contribution in [1.29, 1.82) is 0 Å². The fourth-order valence-corrected chi connectivity index (χ4v) is 3.33. The first-order chi connectivity index (χ1) is 9.22. The molecule has 0 saturated carbocycles. The van der Waals surface area contributed by atoms with Gasteiger partial charge in [-0.05, 0) is 43.3 Å². The minimum atomic E-state index is -1.58. The zero-order chi connectivity index (χ0) is 15.2. The lowest BCUT2D eigenvalue weighted by molar-refractivity contribution is -0.142. The van der Waals surface area contributed by atoms with E-state index in [0.717, 1.165) is 25.9 Å². The van der Waals surface area contributed by atoms with Crippen molar-refractivity contribution in [2.24, 2.45) is 5.92 Å². The third-order valence-corrected chi connectivity index (χ3v) is 9.36. The van der Waals surface area contributed by atoms with Gasteiger partial charge < -0.3 is 9.16 Å². The minimum absolute atomic E-state index is 0.0197. The molecule has 1 rings (SSSR count). The molecule has 1 heterocycles. The molecule has 0 radical (unpaired) electrons. The molecule has 0 spiro atoms. The number of rotatable bonds is 6. The summed E-state index contributed by atoms with van der Waals surface area (Å²) >= 11 is 0. The van der Waals surface area contributed by atoms with Gasteiger partial charge in [0.2, 0.25) is 0 Å². The predicted octanol–water partition coefficient (Wildman–Crippen LogP) is 4.52. The zero-order valence-corrected chi connectivity index (χ0v) is 15.0. The summed E-state index contributed by atoms with van der Waals surface area (Å²) in [7, 11) is -1.58. The van der Waals surface area contributed by atoms with E-state index in [-0.39, 0.29) is 5.97 Å². The molecular formula is C16H32O3Si. The average Bonchev–Trinajstić information content (AvgIpc) is 2.52. The predicted molar refractivity (Wildman–Crippen MR) is 85.3 cm³/mol. The van der Waals surface area contributed by atoms with Crippen LogP contribution < -0.4 is 0 Å². The Balaban J connectivity index is 2.14. The van der Waals surface area contributed by atoms with E-state index < -0.39 is 8.32 Å². The van der Waals surface area contributed by atoms with Gasteiger partial charge in [-0.25, -0.2) is 0 Å². The molecule has 20 heavy (non-hydrogen) atoms. The van der Waals surface area contributed by atoms with Crippen LogP contribution in [0.25, 0.3) is 0 Å². The lowest BCUT2D eigenvalue weighted by atomic mass is 9.94. The van der Waals surface area contributed by atoms with E-state index in [1.807, 2.05) is 0 Å². The van der Waals surface area contributed by atoms with E-state index in [1.54, 1.807) is 0 Å². The van der Waals surface area contributed by atoms with Gasteiger partial charge in [-0.2, -0.15) is 0 Å². The molecule has 0 unspecified atom stereocenters. The van der Waals surface area contributed by atoms with Crippen molar-refractivity contribution in [2.75, 3.05) is 13.2 Å². The van der Waals surface area contributed by atoms with Crippen molar-refractivity contribution in [3.8, 4) is 0 Å². The molecule has 0 aromatic heterocycles. The van der Waals surface area contributed by atoms with E-state index in [4.69, 9.17) is 9.16 Å². The van der Waals surface area contributed by atoms with Gasteiger partial charge in [0.1, 0.15) is 0 Å². The van der Waals surface area contributed by atoms with Crippen molar-refractivity contribution in [1.82, 2.24) is 0 Å². The highest BCUT2D eigenvalue weighted by atomic mass is 28.4. The molecule has 1 saturated heterocycles. The highest BCUT2D eigenvalue weighted by Gasteiger charge is 2.36. The molecule has 3 nitrogen and oxygen atoms in total. The van der Waals surface area contributed by atoms with Crippen LogP contribution in [0, 0.1) is 5.92 Å². The van der Waals surface area contributed by atoms with Gasteiger partial charge in [-0.15, -0.1) is 0 Å². The third kappa shape index (κ3) is 5.96. The molecule has 0 bridgehead atoms. The van der Waals surface area contributed by atoms with Crippen LogP contribution in [-0.4, -0.2) is 27.5 Å². The summed E-state index contributed by atoms with van der Waals surface area (Å²) in [5, 5.41) is 0.298. The van der Waals surface area contributed by atoms with E-state index >= 15 is 0 Å². The monoisotopic (exact) mass is 300 g/mol. The van der Waals surface area contributed by atoms with Gasteiger partial charge in [0, 0.05) is 13.0 Å². The van der Waals surface area contributed by atoms with Crippen LogP contribution in [0.2, 0.25) is 18.1 Å². The maximum absolute atomic E-state index is 11.2. The van der Waals surface area contributed by atoms with E-state index in [0.29, 0.717) is 24.0 Å². The van der Waals surface area contributed by atoms with Crippen molar-refractivity contribution >= 4 is 14.3 Å². The van der Waals surface area contributed by atoms with E-state index in [2.05, 4.69) is 33.9 Å². The first-order valence-corrected chi connectivity index (χ1v) is 10.9. The number of carbonyl (C=O) groups is 1. The van der Waals surface area contributed by atoms with Crippen molar-refractivity contribution < 1.29 is 14.0 Å². The zero-order valence-electron chi connectivity index (χ0n) is 14.0. The summed E-state index contributed by atoms with van der Waals surface area (Å²) in [5.41, 5.74) is 0. The normalized spacial score (nSPS) is 21.4. The highest BCUT2D eigenvalue weighted by Crippen LogP contribution is 2.36. The van der Waals surface area contributed by atoms with Gasteiger partial charge >= 0.3 is 5.97 Å². The Labute approximate surface area is 125 Å². The molecular weight excluding hydrogens is 268 g/mol. The maximum atomic E-state index is 11.2. The number of carbonyl (C=O) groups excluding carboxylic acids is 1. The van der Waals surface area contributed by atoms with Gasteiger partial charge in [-0.1, -0.05) is 33.6 Å². The summed E-state index contributed by atoms with van der Waals surface area (Å²) in [6.07, 6.45) is 6.19. The van der Waals surface area contributed by atoms with Gasteiger partial charge in [0.05, 0.1) is 6.61 Å². The molecule has 0 aromatic rings. The second-order valence-electron chi connectivity index (χ2n) is 7.52. The summed E-state index contributed by atoms with van der Waals surface area (Å²) < 4.78 is 11.3. The van der Waals surface area contributed by atoms with E-state index in [1.165, 1.54) is 12.8 Å². The van der Waals surface area contributed by atoms with Crippen LogP contribution in [0.15, 0.2) is 0 Å². The van der Waals surface area contributed by atoms with Gasteiger partial charge in [0.25, 0.3) is 0 Å². The topological polar surface area (TPSA) is 35.5 Å². The third-order valence-electron chi connectivity index (χ3n) is 4.82. The minimum Gasteiger partial charge on any atom is -0.466 e. The van der Waals surface area contributed by atoms with Crippen molar-refractivity contribution in [2.45, 2.75) is 77.4 Å². The van der Waals surface area contributed by atoms with Crippen LogP contribution in [-0.2, 0) is 14.0 Å². The number of hydrogen-bond donors (Lipinski definition) is 0. The van der Waals surface area contributed by atoms with Crippen LogP contribution in [0.5, 0.6) is 0 Å². The number of cyclic esters (lactones) is 1. The van der Waals surface area contributed by atoms with Gasteiger partial charge in [-0.3, -0.25) is 4.79 Å². The average molecular weight is 301 g/mol. The molecule has 0 aromatic carbocycles. The lowest BCUT2D eigenvalue weighted by Crippen LogP contribution is -2.40. The Bertz CT molecular complexity index is 307. The quantitative estimate of drug-likeness (QED) is 0.411. The first-order valence-electron chi connectivity index (χ1n) is 8.02. The largest absolute Gasteiger partial charge is 0.466 e. The molecule has 1 aliphatic heterocycles. The summed E-state index contributed by atoms with van der Waals surface area (Å²) in [6, 6.07) is 0. The highest BCUT2D eigenvalue weighted by molar-refractivity contribution is 6.74. The SMILES string of the molecule is CC(C)(C)[Si](C)(C)OCCCC[C@H]1CCOC(=O)CC1. The lowest BCUT2D eigenvalue weighted by Gasteiger charge is -2.36. The molecule has 118 valence electrons. The number of esters is 1. The second kappa shape index (κ2) is 7.60. The van der Waals surface area contributed by atoms with Crippen LogP contribution in [0.3, 0.4) is 0 Å². The van der Waals surface area contributed by atoms with Gasteiger partial charge in [0.15, 0.2) is 8.32 Å². The first kappa shape index (κ1) is 17.7. The van der Waals surface area contributed by atoms with Crippen LogP contribution >= 0.6 is 0 Å². The summed E-state index contributed by atoms with van der Waals surface area (Å²) in [5.74, 6) is 0.642. The Hall–Kier alpha value is -0.353. The summed E-state index contributed by atoms with van der Waals surface area (Å²) in [6.45, 7) is 13.0. The smallest absolute Gasteiger partial charge is 0.305 e. The Morgan fingerprint density at radius 1 is 1.25 bits per heavy atom. The van der Waals surface area contributed by atoms with Crippen LogP contribution in [0.1, 0.15) is 59.3 Å². The molecule has 1 fully saturated rings. The fourth-order valence-electron chi connectivity index (χ4n) is 2.25. The Kier molecular flexibility index (Phi) is 6.72. The Morgan fingerprint density at radius 3 is 2.60 bits per heavy atom. The maximum Gasteiger partial charge on any atom is 0.305 e. The van der Waals surface area contributed by atoms with E-state index in [9.17, 15) is 4.79 Å². The van der Waals surface area contributed by atoms with Crippen LogP contribution in [0.4, 0.5) is 0 Å². The molecule has 1 atom stereocenters. The number of unbranched alkanes of at least 4 members (excludes halogenated alkanes) is 1. The fraction of sp³-hybridized carbons (Fsp3) is 0.938. The van der Waals surface area contributed by atoms with Crippen molar-refractivity contribution in [3.63, 3.8) is 0 Å². The Morgan fingerprint density at radius 2 is 1.95 bits per heavy atom. The standard InChI is InChI=1S/C16H32O3Si/c1-16(2,3)20(4,5)19-12-7-6-8-14-9-10-15(17)18-13-11-14/h14H,6-13H2,1-5H3/t14-/m1/s1. The molecule has 0 N–H and O–H groups in total. The summed E-state index contributed by atoms with van der Waals surface area (Å²) in [4.78, 5) is 11.2. The number of hydrogen-bond acceptors (Lipinski definition) is 3. The molecule has 0 aliphatic carbocycles. The molecule has 1 aliphatic rings. The second-order valence-corrected chi connectivity index (χ2v) is 12.3. The molecule has 4 heteroatoms. The molecule has 0 amide bonds.